The third-order valence-corrected chi connectivity index (χ3v) is 2.67. The Morgan fingerprint density at radius 1 is 1.50 bits per heavy atom. The lowest BCUT2D eigenvalue weighted by atomic mass is 10.1. The quantitative estimate of drug-likeness (QED) is 0.717. The zero-order valence-corrected chi connectivity index (χ0v) is 8.47. The number of hydrogen-bond acceptors (Lipinski definition) is 2. The van der Waals surface area contributed by atoms with Crippen LogP contribution >= 0.6 is 22.6 Å². The molecular weight excluding hydrogens is 241 g/mol. The molecule has 10 heavy (non-hydrogen) atoms. The van der Waals surface area contributed by atoms with Gasteiger partial charge in [-0.1, -0.05) is 19.0 Å². The zero-order chi connectivity index (χ0) is 7.72. The van der Waals surface area contributed by atoms with Gasteiger partial charge in [-0.15, -0.1) is 0 Å². The molecule has 0 bridgehead atoms. The Kier molecular flexibility index (Phi) is 2.33. The lowest BCUT2D eigenvalue weighted by molar-refractivity contribution is 0.387. The average molecular weight is 251 g/mol. The maximum Gasteiger partial charge on any atom is 0.147 e. The van der Waals surface area contributed by atoms with Crippen molar-refractivity contribution in [3.8, 4) is 0 Å². The largest absolute Gasteiger partial charge is 0.360 e. The Balaban J connectivity index is 3.05. The molecule has 0 atom stereocenters. The summed E-state index contributed by atoms with van der Waals surface area (Å²) >= 11 is 2.26. The van der Waals surface area contributed by atoms with E-state index in [4.69, 9.17) is 4.52 Å². The molecular formula is C7H10INO. The summed E-state index contributed by atoms with van der Waals surface area (Å²) in [5, 5.41) is 3.93. The smallest absolute Gasteiger partial charge is 0.147 e. The van der Waals surface area contributed by atoms with Crippen LogP contribution < -0.4 is 0 Å². The SMILES string of the molecule is Cc1onc(C(C)C)c1I. The second-order valence-electron chi connectivity index (χ2n) is 2.59. The molecule has 0 saturated heterocycles. The summed E-state index contributed by atoms with van der Waals surface area (Å²) in [5.41, 5.74) is 1.07. The monoisotopic (exact) mass is 251 g/mol. The van der Waals surface area contributed by atoms with E-state index in [2.05, 4.69) is 41.6 Å². The fraction of sp³-hybridized carbons (Fsp3) is 0.571. The van der Waals surface area contributed by atoms with E-state index in [1.165, 1.54) is 0 Å². The Morgan fingerprint density at radius 2 is 2.10 bits per heavy atom. The Morgan fingerprint density at radius 3 is 2.30 bits per heavy atom. The number of rotatable bonds is 1. The van der Waals surface area contributed by atoms with Crippen molar-refractivity contribution in [1.82, 2.24) is 5.16 Å². The molecule has 3 heteroatoms. The summed E-state index contributed by atoms with van der Waals surface area (Å²) in [6.45, 7) is 6.15. The minimum absolute atomic E-state index is 0.462. The van der Waals surface area contributed by atoms with Crippen LogP contribution in [0.4, 0.5) is 0 Å². The zero-order valence-electron chi connectivity index (χ0n) is 6.31. The fourth-order valence-corrected chi connectivity index (χ4v) is 1.56. The molecule has 1 aromatic heterocycles. The van der Waals surface area contributed by atoms with E-state index in [0.717, 1.165) is 15.0 Å². The molecule has 56 valence electrons. The van der Waals surface area contributed by atoms with Crippen LogP contribution in [0.25, 0.3) is 0 Å². The Labute approximate surface area is 74.1 Å². The second kappa shape index (κ2) is 2.90. The molecule has 2 nitrogen and oxygen atoms in total. The summed E-state index contributed by atoms with van der Waals surface area (Å²) in [7, 11) is 0. The molecule has 0 N–H and O–H groups in total. The molecule has 1 heterocycles. The van der Waals surface area contributed by atoms with Crippen LogP contribution in [0.15, 0.2) is 4.52 Å². The molecule has 1 rings (SSSR count). The van der Waals surface area contributed by atoms with E-state index in [9.17, 15) is 0 Å². The highest BCUT2D eigenvalue weighted by molar-refractivity contribution is 14.1. The molecule has 0 aliphatic carbocycles. The van der Waals surface area contributed by atoms with Gasteiger partial charge in [-0.25, -0.2) is 0 Å². The number of aromatic nitrogens is 1. The lowest BCUT2D eigenvalue weighted by Crippen LogP contribution is -1.89. The first kappa shape index (κ1) is 8.04. The van der Waals surface area contributed by atoms with Crippen molar-refractivity contribution < 1.29 is 4.52 Å². The minimum Gasteiger partial charge on any atom is -0.360 e. The van der Waals surface area contributed by atoms with Gasteiger partial charge in [0.15, 0.2) is 0 Å². The summed E-state index contributed by atoms with van der Waals surface area (Å²) < 4.78 is 6.16. The van der Waals surface area contributed by atoms with Gasteiger partial charge in [0.2, 0.25) is 0 Å². The third-order valence-electron chi connectivity index (χ3n) is 1.36. The van der Waals surface area contributed by atoms with E-state index >= 15 is 0 Å². The van der Waals surface area contributed by atoms with Crippen LogP contribution in [-0.2, 0) is 0 Å². The molecule has 0 aliphatic heterocycles. The van der Waals surface area contributed by atoms with Crippen molar-refractivity contribution in [3.05, 3.63) is 15.0 Å². The van der Waals surface area contributed by atoms with Crippen molar-refractivity contribution in [1.29, 1.82) is 0 Å². The van der Waals surface area contributed by atoms with Crippen molar-refractivity contribution in [3.63, 3.8) is 0 Å². The first-order chi connectivity index (χ1) is 4.63. The summed E-state index contributed by atoms with van der Waals surface area (Å²) in [6, 6.07) is 0. The number of hydrogen-bond donors (Lipinski definition) is 0. The van der Waals surface area contributed by atoms with Gasteiger partial charge in [-0.05, 0) is 29.5 Å². The molecule has 0 amide bonds. The van der Waals surface area contributed by atoms with Crippen molar-refractivity contribution in [2.75, 3.05) is 0 Å². The van der Waals surface area contributed by atoms with Gasteiger partial charge in [-0.3, -0.25) is 0 Å². The van der Waals surface area contributed by atoms with Crippen molar-refractivity contribution in [2.45, 2.75) is 26.7 Å². The Hall–Kier alpha value is -0.0600. The maximum atomic E-state index is 5.00. The molecule has 0 fully saturated rings. The van der Waals surface area contributed by atoms with E-state index in [1.807, 2.05) is 6.92 Å². The highest BCUT2D eigenvalue weighted by atomic mass is 127. The van der Waals surface area contributed by atoms with E-state index in [0.29, 0.717) is 5.92 Å². The van der Waals surface area contributed by atoms with Gasteiger partial charge in [0.05, 0.1) is 9.26 Å². The molecule has 1 aromatic rings. The van der Waals surface area contributed by atoms with Gasteiger partial charge in [0.1, 0.15) is 5.76 Å². The van der Waals surface area contributed by atoms with Crippen molar-refractivity contribution >= 4 is 22.6 Å². The molecule has 0 aromatic carbocycles. The predicted molar refractivity (Wildman–Crippen MR) is 48.0 cm³/mol. The highest BCUT2D eigenvalue weighted by Crippen LogP contribution is 2.22. The fourth-order valence-electron chi connectivity index (χ4n) is 0.737. The summed E-state index contributed by atoms with van der Waals surface area (Å²) in [4.78, 5) is 0. The van der Waals surface area contributed by atoms with Gasteiger partial charge in [0, 0.05) is 5.92 Å². The molecule has 0 spiro atoms. The van der Waals surface area contributed by atoms with Crippen LogP contribution in [0, 0.1) is 10.5 Å². The van der Waals surface area contributed by atoms with E-state index in [-0.39, 0.29) is 0 Å². The lowest BCUT2D eigenvalue weighted by Gasteiger charge is -1.96. The van der Waals surface area contributed by atoms with Crippen LogP contribution in [-0.4, -0.2) is 5.16 Å². The van der Waals surface area contributed by atoms with E-state index < -0.39 is 0 Å². The van der Waals surface area contributed by atoms with Crippen molar-refractivity contribution in [2.24, 2.45) is 0 Å². The predicted octanol–water partition coefficient (Wildman–Crippen LogP) is 2.71. The normalized spacial score (nSPS) is 10.9. The standard InChI is InChI=1S/C7H10INO/c1-4(2)7-6(8)5(3)10-9-7/h4H,1-3H3. The third kappa shape index (κ3) is 1.33. The molecule has 0 saturated carbocycles. The first-order valence-electron chi connectivity index (χ1n) is 3.24. The van der Waals surface area contributed by atoms with Gasteiger partial charge < -0.3 is 4.52 Å². The maximum absolute atomic E-state index is 5.00. The summed E-state index contributed by atoms with van der Waals surface area (Å²) in [5.74, 6) is 1.38. The number of aryl methyl sites for hydroxylation is 1. The first-order valence-corrected chi connectivity index (χ1v) is 4.32. The average Bonchev–Trinajstić information content (AvgIpc) is 2.14. The van der Waals surface area contributed by atoms with Crippen LogP contribution in [0.5, 0.6) is 0 Å². The summed E-state index contributed by atoms with van der Waals surface area (Å²) in [6.07, 6.45) is 0. The number of halogens is 1. The highest BCUT2D eigenvalue weighted by Gasteiger charge is 2.11. The topological polar surface area (TPSA) is 26.0 Å². The van der Waals surface area contributed by atoms with Crippen LogP contribution in [0.1, 0.15) is 31.2 Å². The Bertz CT molecular complexity index is 230. The minimum atomic E-state index is 0.462. The van der Waals surface area contributed by atoms with Gasteiger partial charge in [0.25, 0.3) is 0 Å². The van der Waals surface area contributed by atoms with E-state index in [1.54, 1.807) is 0 Å². The van der Waals surface area contributed by atoms with Crippen LogP contribution in [0.3, 0.4) is 0 Å². The number of nitrogens with zero attached hydrogens (tertiary/aromatic N) is 1. The molecule has 0 radical (unpaired) electrons. The second-order valence-corrected chi connectivity index (χ2v) is 3.67. The molecule has 0 unspecified atom stereocenters. The molecule has 0 aliphatic rings. The van der Waals surface area contributed by atoms with Gasteiger partial charge >= 0.3 is 0 Å². The van der Waals surface area contributed by atoms with Gasteiger partial charge in [-0.2, -0.15) is 0 Å². The van der Waals surface area contributed by atoms with Crippen LogP contribution in [0.2, 0.25) is 0 Å².